The summed E-state index contributed by atoms with van der Waals surface area (Å²) in [4.78, 5) is 8.05. The van der Waals surface area contributed by atoms with E-state index in [1.54, 1.807) is 0 Å². The molecule has 18 heavy (non-hydrogen) atoms. The van der Waals surface area contributed by atoms with Gasteiger partial charge in [0.25, 0.3) is 0 Å². The summed E-state index contributed by atoms with van der Waals surface area (Å²) in [5, 5.41) is 3.54. The Morgan fingerprint density at radius 2 is 2.11 bits per heavy atom. The SMILES string of the molecule is Cc1cc(Br)cc(Nc2nc(NN)ncc2Cl)c1. The van der Waals surface area contributed by atoms with Crippen molar-refractivity contribution < 1.29 is 0 Å². The zero-order chi connectivity index (χ0) is 13.1. The van der Waals surface area contributed by atoms with Gasteiger partial charge in [-0.15, -0.1) is 0 Å². The van der Waals surface area contributed by atoms with Gasteiger partial charge >= 0.3 is 0 Å². The Morgan fingerprint density at radius 3 is 2.78 bits per heavy atom. The van der Waals surface area contributed by atoms with E-state index in [0.717, 1.165) is 15.7 Å². The maximum Gasteiger partial charge on any atom is 0.239 e. The van der Waals surface area contributed by atoms with Gasteiger partial charge in [-0.1, -0.05) is 27.5 Å². The van der Waals surface area contributed by atoms with E-state index < -0.39 is 0 Å². The van der Waals surface area contributed by atoms with Crippen LogP contribution in [-0.4, -0.2) is 9.97 Å². The molecule has 94 valence electrons. The molecule has 0 saturated heterocycles. The predicted octanol–water partition coefficient (Wildman–Crippen LogP) is 3.23. The molecule has 7 heteroatoms. The van der Waals surface area contributed by atoms with Gasteiger partial charge in [-0.3, -0.25) is 5.43 Å². The van der Waals surface area contributed by atoms with Crippen molar-refractivity contribution in [2.45, 2.75) is 6.92 Å². The second-order valence-corrected chi connectivity index (χ2v) is 5.00. The van der Waals surface area contributed by atoms with Gasteiger partial charge in [0.05, 0.1) is 6.20 Å². The number of aryl methyl sites for hydroxylation is 1. The summed E-state index contributed by atoms with van der Waals surface area (Å²) in [7, 11) is 0. The van der Waals surface area contributed by atoms with Crippen molar-refractivity contribution in [3.05, 3.63) is 39.5 Å². The van der Waals surface area contributed by atoms with Gasteiger partial charge in [0.1, 0.15) is 5.02 Å². The monoisotopic (exact) mass is 327 g/mol. The third kappa shape index (κ3) is 3.10. The molecule has 0 atom stereocenters. The van der Waals surface area contributed by atoms with E-state index in [-0.39, 0.29) is 0 Å². The highest BCUT2D eigenvalue weighted by Crippen LogP contribution is 2.26. The van der Waals surface area contributed by atoms with Gasteiger partial charge in [-0.25, -0.2) is 10.8 Å². The third-order valence-electron chi connectivity index (χ3n) is 2.18. The number of hydrazine groups is 1. The molecule has 4 N–H and O–H groups in total. The Hall–Kier alpha value is -1.37. The minimum absolute atomic E-state index is 0.300. The number of hydrogen-bond acceptors (Lipinski definition) is 5. The van der Waals surface area contributed by atoms with E-state index in [1.165, 1.54) is 6.20 Å². The lowest BCUT2D eigenvalue weighted by Crippen LogP contribution is -2.11. The largest absolute Gasteiger partial charge is 0.339 e. The van der Waals surface area contributed by atoms with E-state index in [1.807, 2.05) is 25.1 Å². The number of benzene rings is 1. The van der Waals surface area contributed by atoms with Crippen molar-refractivity contribution in [1.82, 2.24) is 9.97 Å². The van der Waals surface area contributed by atoms with Crippen LogP contribution in [0.3, 0.4) is 0 Å². The zero-order valence-electron chi connectivity index (χ0n) is 9.54. The predicted molar refractivity (Wildman–Crippen MR) is 77.0 cm³/mol. The number of anilines is 3. The molecule has 1 aromatic heterocycles. The van der Waals surface area contributed by atoms with E-state index in [0.29, 0.717) is 16.8 Å². The first-order valence-corrected chi connectivity index (χ1v) is 6.29. The van der Waals surface area contributed by atoms with Gasteiger partial charge < -0.3 is 5.32 Å². The van der Waals surface area contributed by atoms with Crippen molar-refractivity contribution >= 4 is 45.0 Å². The van der Waals surface area contributed by atoms with Gasteiger partial charge in [-0.2, -0.15) is 4.98 Å². The average molecular weight is 329 g/mol. The quantitative estimate of drug-likeness (QED) is 0.596. The van der Waals surface area contributed by atoms with E-state index >= 15 is 0 Å². The van der Waals surface area contributed by atoms with E-state index in [2.05, 4.69) is 36.6 Å². The van der Waals surface area contributed by atoms with Crippen LogP contribution < -0.4 is 16.6 Å². The number of rotatable bonds is 3. The minimum Gasteiger partial charge on any atom is -0.339 e. The molecule has 0 fully saturated rings. The molecule has 0 amide bonds. The molecule has 0 aliphatic heterocycles. The molecule has 0 aliphatic rings. The third-order valence-corrected chi connectivity index (χ3v) is 2.91. The number of aromatic nitrogens is 2. The fourth-order valence-electron chi connectivity index (χ4n) is 1.47. The van der Waals surface area contributed by atoms with Gasteiger partial charge in [0.2, 0.25) is 5.95 Å². The standard InChI is InChI=1S/C11H11BrClN5/c1-6-2-7(12)4-8(3-6)16-10-9(13)5-15-11(17-10)18-14/h2-5H,14H2,1H3,(H2,15,16,17,18). The highest BCUT2D eigenvalue weighted by molar-refractivity contribution is 9.10. The fraction of sp³-hybridized carbons (Fsp3) is 0.0909. The van der Waals surface area contributed by atoms with Crippen LogP contribution in [0.5, 0.6) is 0 Å². The van der Waals surface area contributed by atoms with Gasteiger partial charge in [-0.05, 0) is 30.7 Å². The molecule has 2 aromatic rings. The molecule has 0 bridgehead atoms. The Labute approximate surface area is 118 Å². The topological polar surface area (TPSA) is 75.9 Å². The number of halogens is 2. The maximum absolute atomic E-state index is 6.01. The summed E-state index contributed by atoms with van der Waals surface area (Å²) in [5.41, 5.74) is 4.37. The Bertz CT molecular complexity index is 555. The smallest absolute Gasteiger partial charge is 0.239 e. The number of nitrogens with one attached hydrogen (secondary N) is 2. The lowest BCUT2D eigenvalue weighted by molar-refractivity contribution is 1.12. The minimum atomic E-state index is 0.300. The summed E-state index contributed by atoms with van der Waals surface area (Å²) in [5.74, 6) is 6.05. The van der Waals surface area contributed by atoms with Crippen LogP contribution in [0.2, 0.25) is 5.02 Å². The number of hydrogen-bond donors (Lipinski definition) is 3. The van der Waals surface area contributed by atoms with E-state index in [4.69, 9.17) is 17.4 Å². The first-order valence-electron chi connectivity index (χ1n) is 5.12. The maximum atomic E-state index is 6.01. The van der Waals surface area contributed by atoms with Crippen LogP contribution >= 0.6 is 27.5 Å². The molecule has 0 saturated carbocycles. The summed E-state index contributed by atoms with van der Waals surface area (Å²) in [6.45, 7) is 2.00. The van der Waals surface area contributed by atoms with Crippen LogP contribution in [0.4, 0.5) is 17.5 Å². The first-order chi connectivity index (χ1) is 8.58. The Morgan fingerprint density at radius 1 is 1.33 bits per heavy atom. The van der Waals surface area contributed by atoms with Crippen LogP contribution in [0.1, 0.15) is 5.56 Å². The summed E-state index contributed by atoms with van der Waals surface area (Å²) in [6, 6.07) is 5.93. The van der Waals surface area contributed by atoms with Crippen LogP contribution in [0, 0.1) is 6.92 Å². The van der Waals surface area contributed by atoms with Crippen molar-refractivity contribution in [2.75, 3.05) is 10.7 Å². The van der Waals surface area contributed by atoms with Crippen molar-refractivity contribution in [3.63, 3.8) is 0 Å². The lowest BCUT2D eigenvalue weighted by atomic mass is 10.2. The molecule has 0 aliphatic carbocycles. The van der Waals surface area contributed by atoms with Gasteiger partial charge in [0.15, 0.2) is 5.82 Å². The molecular weight excluding hydrogens is 318 g/mol. The number of nitrogens with two attached hydrogens (primary N) is 1. The summed E-state index contributed by atoms with van der Waals surface area (Å²) in [6.07, 6.45) is 1.48. The molecule has 5 nitrogen and oxygen atoms in total. The summed E-state index contributed by atoms with van der Waals surface area (Å²) >= 11 is 9.45. The van der Waals surface area contributed by atoms with Crippen molar-refractivity contribution in [1.29, 1.82) is 0 Å². The number of nitrogens with zero attached hydrogens (tertiary/aromatic N) is 2. The average Bonchev–Trinajstić information content (AvgIpc) is 2.30. The van der Waals surface area contributed by atoms with Crippen molar-refractivity contribution in [2.24, 2.45) is 5.84 Å². The Kier molecular flexibility index (Phi) is 4.00. The molecule has 0 radical (unpaired) electrons. The van der Waals surface area contributed by atoms with Crippen LogP contribution in [0.25, 0.3) is 0 Å². The number of nitrogen functional groups attached to an aromatic ring is 1. The molecule has 0 unspecified atom stereocenters. The molecule has 1 aromatic carbocycles. The van der Waals surface area contributed by atoms with Crippen molar-refractivity contribution in [3.8, 4) is 0 Å². The molecule has 1 heterocycles. The van der Waals surface area contributed by atoms with E-state index in [9.17, 15) is 0 Å². The van der Waals surface area contributed by atoms with Crippen LogP contribution in [0.15, 0.2) is 28.9 Å². The summed E-state index contributed by atoms with van der Waals surface area (Å²) < 4.78 is 0.979. The molecule has 0 spiro atoms. The molecule has 2 rings (SSSR count). The highest BCUT2D eigenvalue weighted by Gasteiger charge is 2.06. The highest BCUT2D eigenvalue weighted by atomic mass is 79.9. The molecular formula is C11H11BrClN5. The normalized spacial score (nSPS) is 10.2. The Balaban J connectivity index is 2.33. The second-order valence-electron chi connectivity index (χ2n) is 3.68. The van der Waals surface area contributed by atoms with Crippen LogP contribution in [-0.2, 0) is 0 Å². The second kappa shape index (κ2) is 5.51. The zero-order valence-corrected chi connectivity index (χ0v) is 11.9. The van der Waals surface area contributed by atoms with Gasteiger partial charge in [0, 0.05) is 10.2 Å². The fourth-order valence-corrected chi connectivity index (χ4v) is 2.22. The first kappa shape index (κ1) is 13.1. The lowest BCUT2D eigenvalue weighted by Gasteiger charge is -2.09.